The smallest absolute Gasteiger partial charge is 0.185 e. The fourth-order valence-corrected chi connectivity index (χ4v) is 3.91. The predicted molar refractivity (Wildman–Crippen MR) is 84.6 cm³/mol. The summed E-state index contributed by atoms with van der Waals surface area (Å²) in [6, 6.07) is 11.0. The molecule has 1 unspecified atom stereocenters. The standard InChI is InChI=1S/C19H16O4/c1-22-12-9-13-16(15(10-12)23-2)18(21)19(17(13)20)8-7-11-5-3-4-6-14(11)19/h3-6,9-10H,7-8H2,1-2H3. The van der Waals surface area contributed by atoms with Crippen molar-refractivity contribution in [2.45, 2.75) is 18.3 Å². The minimum atomic E-state index is -1.08. The molecule has 0 aliphatic heterocycles. The van der Waals surface area contributed by atoms with Gasteiger partial charge in [-0.05, 0) is 30.0 Å². The second kappa shape index (κ2) is 4.69. The first-order valence-electron chi connectivity index (χ1n) is 7.57. The summed E-state index contributed by atoms with van der Waals surface area (Å²) in [4.78, 5) is 26.4. The van der Waals surface area contributed by atoms with Gasteiger partial charge in [0.25, 0.3) is 0 Å². The normalized spacial score (nSPS) is 21.5. The highest BCUT2D eigenvalue weighted by Gasteiger charge is 2.58. The molecule has 23 heavy (non-hydrogen) atoms. The molecule has 116 valence electrons. The molecule has 2 aliphatic carbocycles. The molecule has 2 aromatic rings. The SMILES string of the molecule is COc1cc(OC)c2c(c1)C(=O)C1(CCc3ccccc31)C2=O. The maximum Gasteiger partial charge on any atom is 0.185 e. The van der Waals surface area contributed by atoms with E-state index in [0.29, 0.717) is 29.0 Å². The van der Waals surface area contributed by atoms with Crippen LogP contribution in [-0.4, -0.2) is 25.8 Å². The Morgan fingerprint density at radius 3 is 2.52 bits per heavy atom. The zero-order chi connectivity index (χ0) is 16.2. The number of aryl methyl sites for hydroxylation is 1. The van der Waals surface area contributed by atoms with Gasteiger partial charge in [-0.3, -0.25) is 9.59 Å². The number of carbonyl (C=O) groups is 2. The molecule has 0 amide bonds. The minimum absolute atomic E-state index is 0.139. The number of rotatable bonds is 2. The number of ether oxygens (including phenoxy) is 2. The third-order valence-electron chi connectivity index (χ3n) is 5.02. The van der Waals surface area contributed by atoms with Gasteiger partial charge in [0, 0.05) is 11.6 Å². The van der Waals surface area contributed by atoms with Gasteiger partial charge >= 0.3 is 0 Å². The second-order valence-electron chi connectivity index (χ2n) is 5.97. The summed E-state index contributed by atoms with van der Waals surface area (Å²) < 4.78 is 10.6. The second-order valence-corrected chi connectivity index (χ2v) is 5.97. The van der Waals surface area contributed by atoms with Crippen molar-refractivity contribution >= 4 is 11.6 Å². The van der Waals surface area contributed by atoms with Crippen LogP contribution in [0.1, 0.15) is 38.3 Å². The van der Waals surface area contributed by atoms with E-state index in [9.17, 15) is 9.59 Å². The Morgan fingerprint density at radius 2 is 1.78 bits per heavy atom. The molecular formula is C19H16O4. The average molecular weight is 308 g/mol. The molecule has 4 heteroatoms. The van der Waals surface area contributed by atoms with Gasteiger partial charge in [-0.2, -0.15) is 0 Å². The fraction of sp³-hybridized carbons (Fsp3) is 0.263. The average Bonchev–Trinajstić information content (AvgIpc) is 3.08. The third-order valence-corrected chi connectivity index (χ3v) is 5.02. The monoisotopic (exact) mass is 308 g/mol. The Kier molecular flexibility index (Phi) is 2.85. The highest BCUT2D eigenvalue weighted by atomic mass is 16.5. The van der Waals surface area contributed by atoms with Gasteiger partial charge in [0.05, 0.1) is 19.8 Å². The number of ketones is 2. The molecule has 0 bridgehead atoms. The number of Topliss-reactive ketones (excluding diaryl/α,β-unsaturated/α-hetero) is 2. The van der Waals surface area contributed by atoms with Crippen LogP contribution in [0, 0.1) is 0 Å². The van der Waals surface area contributed by atoms with E-state index in [4.69, 9.17) is 9.47 Å². The number of hydrogen-bond acceptors (Lipinski definition) is 4. The Bertz CT molecular complexity index is 852. The van der Waals surface area contributed by atoms with Crippen LogP contribution in [0.5, 0.6) is 11.5 Å². The predicted octanol–water partition coefficient (Wildman–Crippen LogP) is 2.97. The first-order valence-corrected chi connectivity index (χ1v) is 7.57. The summed E-state index contributed by atoms with van der Waals surface area (Å²) in [5.41, 5.74) is 1.62. The summed E-state index contributed by atoms with van der Waals surface area (Å²) in [5.74, 6) is 0.630. The van der Waals surface area contributed by atoms with E-state index in [0.717, 1.165) is 17.5 Å². The molecule has 1 atom stereocenters. The largest absolute Gasteiger partial charge is 0.497 e. The summed E-state index contributed by atoms with van der Waals surface area (Å²) in [6.07, 6.45) is 1.26. The molecule has 2 aliphatic rings. The molecule has 4 rings (SSSR count). The number of carbonyl (C=O) groups excluding carboxylic acids is 2. The van der Waals surface area contributed by atoms with E-state index < -0.39 is 5.41 Å². The van der Waals surface area contributed by atoms with Gasteiger partial charge < -0.3 is 9.47 Å². The van der Waals surface area contributed by atoms with Crippen LogP contribution in [0.4, 0.5) is 0 Å². The fourth-order valence-electron chi connectivity index (χ4n) is 3.91. The van der Waals surface area contributed by atoms with Crippen molar-refractivity contribution < 1.29 is 19.1 Å². The van der Waals surface area contributed by atoms with E-state index >= 15 is 0 Å². The van der Waals surface area contributed by atoms with Crippen LogP contribution < -0.4 is 9.47 Å². The van der Waals surface area contributed by atoms with Gasteiger partial charge in [-0.15, -0.1) is 0 Å². The lowest BCUT2D eigenvalue weighted by Crippen LogP contribution is -2.35. The molecule has 0 N–H and O–H groups in total. The number of methoxy groups -OCH3 is 2. The maximum atomic E-state index is 13.2. The van der Waals surface area contributed by atoms with Crippen molar-refractivity contribution in [3.63, 3.8) is 0 Å². The van der Waals surface area contributed by atoms with Crippen LogP contribution in [0.2, 0.25) is 0 Å². The molecule has 2 aromatic carbocycles. The molecule has 0 heterocycles. The van der Waals surface area contributed by atoms with E-state index in [1.54, 1.807) is 12.1 Å². The van der Waals surface area contributed by atoms with E-state index in [-0.39, 0.29) is 11.6 Å². The zero-order valence-corrected chi connectivity index (χ0v) is 13.0. The van der Waals surface area contributed by atoms with Crippen LogP contribution in [0.3, 0.4) is 0 Å². The van der Waals surface area contributed by atoms with Crippen LogP contribution in [-0.2, 0) is 11.8 Å². The highest BCUT2D eigenvalue weighted by Crippen LogP contribution is 2.51. The minimum Gasteiger partial charge on any atom is -0.497 e. The van der Waals surface area contributed by atoms with Gasteiger partial charge in [0.15, 0.2) is 11.6 Å². The maximum absolute atomic E-state index is 13.2. The third kappa shape index (κ3) is 1.61. The van der Waals surface area contributed by atoms with Gasteiger partial charge in [-0.1, -0.05) is 24.3 Å². The number of hydrogen-bond donors (Lipinski definition) is 0. The van der Waals surface area contributed by atoms with E-state index in [2.05, 4.69) is 0 Å². The number of benzene rings is 2. The summed E-state index contributed by atoms with van der Waals surface area (Å²) in [7, 11) is 3.03. The van der Waals surface area contributed by atoms with Crippen molar-refractivity contribution in [3.8, 4) is 11.5 Å². The lowest BCUT2D eigenvalue weighted by Gasteiger charge is -2.20. The van der Waals surface area contributed by atoms with Crippen LogP contribution in [0.25, 0.3) is 0 Å². The Labute approximate surface area is 134 Å². The quantitative estimate of drug-likeness (QED) is 0.800. The van der Waals surface area contributed by atoms with E-state index in [1.807, 2.05) is 24.3 Å². The van der Waals surface area contributed by atoms with Crippen molar-refractivity contribution in [3.05, 3.63) is 58.7 Å². The Hall–Kier alpha value is -2.62. The first kappa shape index (κ1) is 14.0. The van der Waals surface area contributed by atoms with Gasteiger partial charge in [0.1, 0.15) is 16.9 Å². The van der Waals surface area contributed by atoms with Crippen molar-refractivity contribution in [2.24, 2.45) is 0 Å². The van der Waals surface area contributed by atoms with Crippen molar-refractivity contribution in [1.29, 1.82) is 0 Å². The molecule has 0 fully saturated rings. The molecule has 4 nitrogen and oxygen atoms in total. The highest BCUT2D eigenvalue weighted by molar-refractivity contribution is 6.34. The van der Waals surface area contributed by atoms with Gasteiger partial charge in [0.2, 0.25) is 0 Å². The summed E-state index contributed by atoms with van der Waals surface area (Å²) in [5, 5.41) is 0. The summed E-state index contributed by atoms with van der Waals surface area (Å²) in [6.45, 7) is 0. The number of fused-ring (bicyclic) bond motifs is 3. The molecule has 1 spiro atoms. The van der Waals surface area contributed by atoms with E-state index in [1.165, 1.54) is 14.2 Å². The zero-order valence-electron chi connectivity index (χ0n) is 13.0. The molecule has 0 saturated heterocycles. The molecular weight excluding hydrogens is 292 g/mol. The lowest BCUT2D eigenvalue weighted by molar-refractivity contribution is 0.0794. The van der Waals surface area contributed by atoms with Crippen LogP contribution in [0.15, 0.2) is 36.4 Å². The van der Waals surface area contributed by atoms with Crippen LogP contribution >= 0.6 is 0 Å². The molecule has 0 saturated carbocycles. The molecule has 0 aromatic heterocycles. The molecule has 0 radical (unpaired) electrons. The summed E-state index contributed by atoms with van der Waals surface area (Å²) >= 11 is 0. The van der Waals surface area contributed by atoms with Gasteiger partial charge in [-0.25, -0.2) is 0 Å². The lowest BCUT2D eigenvalue weighted by atomic mass is 9.77. The Morgan fingerprint density at radius 1 is 1.00 bits per heavy atom. The van der Waals surface area contributed by atoms with Crippen molar-refractivity contribution in [1.82, 2.24) is 0 Å². The Balaban J connectivity index is 1.99. The van der Waals surface area contributed by atoms with Crippen molar-refractivity contribution in [2.75, 3.05) is 14.2 Å². The topological polar surface area (TPSA) is 52.6 Å². The first-order chi connectivity index (χ1) is 11.1.